The van der Waals surface area contributed by atoms with Gasteiger partial charge in [-0.1, -0.05) is 30.3 Å². The third kappa shape index (κ3) is 2.99. The van der Waals surface area contributed by atoms with Crippen molar-refractivity contribution in [1.82, 2.24) is 4.98 Å². The van der Waals surface area contributed by atoms with Gasteiger partial charge in [-0.2, -0.15) is 0 Å². The van der Waals surface area contributed by atoms with E-state index in [0.29, 0.717) is 11.4 Å². The van der Waals surface area contributed by atoms with Gasteiger partial charge in [0.05, 0.1) is 18.4 Å². The molecule has 0 atom stereocenters. The Kier molecular flexibility index (Phi) is 4.55. The summed E-state index contributed by atoms with van der Waals surface area (Å²) in [7, 11) is 1.56. The van der Waals surface area contributed by atoms with Gasteiger partial charge in [0.15, 0.2) is 0 Å². The van der Waals surface area contributed by atoms with E-state index in [1.807, 2.05) is 0 Å². The van der Waals surface area contributed by atoms with E-state index in [-0.39, 0.29) is 12.5 Å². The van der Waals surface area contributed by atoms with E-state index in [9.17, 15) is 9.59 Å². The molecule has 0 spiro atoms. The van der Waals surface area contributed by atoms with Crippen molar-refractivity contribution >= 4 is 17.5 Å². The zero-order valence-corrected chi connectivity index (χ0v) is 13.6. The number of fused-ring (bicyclic) bond motifs is 1. The fourth-order valence-electron chi connectivity index (χ4n) is 3.10. The summed E-state index contributed by atoms with van der Waals surface area (Å²) < 4.78 is 6.97. The average molecular weight is 326 g/mol. The maximum absolute atomic E-state index is 12.4. The molecule has 0 bridgehead atoms. The van der Waals surface area contributed by atoms with Crippen molar-refractivity contribution in [2.24, 2.45) is 0 Å². The smallest absolute Gasteiger partial charge is 0.393 e. The Morgan fingerprint density at radius 1 is 1.21 bits per heavy atom. The van der Waals surface area contributed by atoms with Crippen molar-refractivity contribution in [3.8, 4) is 5.88 Å². The lowest BCUT2D eigenvalue weighted by atomic mass is 9.96. The van der Waals surface area contributed by atoms with E-state index in [2.05, 4.69) is 4.98 Å². The average Bonchev–Trinajstić information content (AvgIpc) is 2.63. The highest BCUT2D eigenvalue weighted by Gasteiger charge is 2.29. The van der Waals surface area contributed by atoms with Crippen LogP contribution in [0.5, 0.6) is 5.88 Å². The topological polar surface area (TPSA) is 86.2 Å². The van der Waals surface area contributed by atoms with Gasteiger partial charge < -0.3 is 4.74 Å². The summed E-state index contributed by atoms with van der Waals surface area (Å²) in [5.74, 6) is -0.303. The summed E-state index contributed by atoms with van der Waals surface area (Å²) in [5, 5.41) is 0. The van der Waals surface area contributed by atoms with Crippen LogP contribution in [0.2, 0.25) is 0 Å². The number of anilines is 1. The molecule has 0 amide bonds. The highest BCUT2D eigenvalue weighted by atomic mass is 16.5. The molecule has 1 aliphatic carbocycles. The van der Waals surface area contributed by atoms with Crippen LogP contribution in [-0.4, -0.2) is 23.7 Å². The lowest BCUT2D eigenvalue weighted by Crippen LogP contribution is -2.48. The van der Waals surface area contributed by atoms with Gasteiger partial charge in [0.1, 0.15) is 6.54 Å². The van der Waals surface area contributed by atoms with Crippen LogP contribution in [0.25, 0.3) is 0 Å². The van der Waals surface area contributed by atoms with Crippen molar-refractivity contribution in [1.29, 1.82) is 0 Å². The molecule has 3 rings (SSSR count). The number of carbonyl (C=O) groups is 2. The number of methoxy groups -OCH3 is 1. The minimum absolute atomic E-state index is 0.0983. The van der Waals surface area contributed by atoms with E-state index >= 15 is 0 Å². The molecule has 2 N–H and O–H groups in total. The number of nitrogens with zero attached hydrogens (tertiary/aromatic N) is 2. The standard InChI is InChI=1S/C18H19N3O3/c1-24-17-13-9-5-6-10-14(13)21(18(19)20-17)11-15(22)16(23)12-7-3-2-4-8-12/h2-4,7-8,19H,5-6,9-11H2,1H3/p+1. The Balaban J connectivity index is 1.93. The van der Waals surface area contributed by atoms with Gasteiger partial charge in [0.25, 0.3) is 5.88 Å². The number of aromatic nitrogens is 2. The molecular weight excluding hydrogens is 306 g/mol. The number of ether oxygens (including phenoxy) is 1. The molecule has 0 aliphatic heterocycles. The summed E-state index contributed by atoms with van der Waals surface area (Å²) in [6, 6.07) is 8.54. The number of carbonyl (C=O) groups excluding carboxylic acids is 2. The van der Waals surface area contributed by atoms with Gasteiger partial charge in [-0.25, -0.2) is 4.57 Å². The normalized spacial score (nSPS) is 13.2. The third-order valence-corrected chi connectivity index (χ3v) is 4.30. The number of hydrogen-bond acceptors (Lipinski definition) is 5. The molecule has 0 radical (unpaired) electrons. The largest absolute Gasteiger partial charge is 0.469 e. The van der Waals surface area contributed by atoms with Gasteiger partial charge in [0.2, 0.25) is 11.6 Å². The number of rotatable bonds is 5. The molecule has 1 aliphatic rings. The summed E-state index contributed by atoms with van der Waals surface area (Å²) in [4.78, 5) is 29.0. The van der Waals surface area contributed by atoms with Crippen molar-refractivity contribution < 1.29 is 18.9 Å². The first-order valence-electron chi connectivity index (χ1n) is 7.99. The highest BCUT2D eigenvalue weighted by Crippen LogP contribution is 2.26. The van der Waals surface area contributed by atoms with Gasteiger partial charge >= 0.3 is 5.95 Å². The number of hydrogen-bond donors (Lipinski definition) is 1. The molecule has 0 saturated heterocycles. The van der Waals surface area contributed by atoms with E-state index in [1.54, 1.807) is 42.0 Å². The Bertz CT molecular complexity index is 788. The van der Waals surface area contributed by atoms with E-state index < -0.39 is 11.6 Å². The third-order valence-electron chi connectivity index (χ3n) is 4.30. The minimum atomic E-state index is -0.511. The second-order valence-corrected chi connectivity index (χ2v) is 5.82. The van der Waals surface area contributed by atoms with Gasteiger partial charge in [0, 0.05) is 12.0 Å². The predicted octanol–water partition coefficient (Wildman–Crippen LogP) is 1.29. The van der Waals surface area contributed by atoms with E-state index in [4.69, 9.17) is 10.5 Å². The molecule has 1 aromatic heterocycles. The number of nitrogens with two attached hydrogens (primary N) is 1. The van der Waals surface area contributed by atoms with Crippen LogP contribution in [0.15, 0.2) is 30.3 Å². The molecule has 124 valence electrons. The molecule has 0 saturated carbocycles. The van der Waals surface area contributed by atoms with Crippen LogP contribution >= 0.6 is 0 Å². The molecule has 6 nitrogen and oxygen atoms in total. The van der Waals surface area contributed by atoms with Crippen LogP contribution in [0, 0.1) is 0 Å². The molecule has 2 aromatic rings. The highest BCUT2D eigenvalue weighted by molar-refractivity contribution is 6.43. The first-order chi connectivity index (χ1) is 11.6. The van der Waals surface area contributed by atoms with Crippen LogP contribution in [0.3, 0.4) is 0 Å². The second-order valence-electron chi connectivity index (χ2n) is 5.82. The van der Waals surface area contributed by atoms with E-state index in [0.717, 1.165) is 36.9 Å². The quantitative estimate of drug-likeness (QED) is 0.508. The van der Waals surface area contributed by atoms with Crippen molar-refractivity contribution in [3.05, 3.63) is 47.2 Å². The molecule has 0 unspecified atom stereocenters. The lowest BCUT2D eigenvalue weighted by molar-refractivity contribution is -0.680. The maximum atomic E-state index is 12.4. The van der Waals surface area contributed by atoms with Crippen molar-refractivity contribution in [3.63, 3.8) is 0 Å². The second kappa shape index (κ2) is 6.78. The number of Topliss-reactive ketones (excluding diaryl/α,β-unsaturated/α-hetero) is 2. The van der Waals surface area contributed by atoms with Crippen molar-refractivity contribution in [2.75, 3.05) is 12.8 Å². The Hall–Kier alpha value is -2.76. The Morgan fingerprint density at radius 3 is 2.62 bits per heavy atom. The Morgan fingerprint density at radius 2 is 1.92 bits per heavy atom. The number of ketones is 2. The van der Waals surface area contributed by atoms with Crippen LogP contribution < -0.4 is 15.0 Å². The first-order valence-corrected chi connectivity index (χ1v) is 7.99. The van der Waals surface area contributed by atoms with E-state index in [1.165, 1.54) is 0 Å². The van der Waals surface area contributed by atoms with Gasteiger partial charge in [-0.15, -0.1) is 0 Å². The summed E-state index contributed by atoms with van der Waals surface area (Å²) in [6.45, 7) is -0.0983. The monoisotopic (exact) mass is 326 g/mol. The lowest BCUT2D eigenvalue weighted by Gasteiger charge is -2.19. The fraction of sp³-hybridized carbons (Fsp3) is 0.333. The number of benzene rings is 1. The van der Waals surface area contributed by atoms with Crippen LogP contribution in [0.4, 0.5) is 5.95 Å². The Labute approximate surface area is 140 Å². The SMILES string of the molecule is COc1nc(N)[n+](CC(=O)C(=O)c2ccccc2)c2c1CCCC2. The summed E-state index contributed by atoms with van der Waals surface area (Å²) in [5.41, 5.74) is 8.33. The first kappa shape index (κ1) is 16.1. The molecule has 0 fully saturated rings. The fourth-order valence-corrected chi connectivity index (χ4v) is 3.10. The van der Waals surface area contributed by atoms with Crippen LogP contribution in [-0.2, 0) is 24.2 Å². The van der Waals surface area contributed by atoms with Crippen molar-refractivity contribution in [2.45, 2.75) is 32.2 Å². The molecule has 1 heterocycles. The minimum Gasteiger partial charge on any atom is -0.469 e. The maximum Gasteiger partial charge on any atom is 0.393 e. The van der Waals surface area contributed by atoms with Gasteiger partial charge in [-0.3, -0.25) is 15.3 Å². The summed E-state index contributed by atoms with van der Waals surface area (Å²) >= 11 is 0. The molecule has 6 heteroatoms. The zero-order valence-electron chi connectivity index (χ0n) is 13.6. The molecule has 1 aromatic carbocycles. The number of nitrogen functional groups attached to an aromatic ring is 1. The molecular formula is C18H20N3O3+. The van der Waals surface area contributed by atoms with Gasteiger partial charge in [-0.05, 0) is 24.2 Å². The summed E-state index contributed by atoms with van der Waals surface area (Å²) in [6.07, 6.45) is 3.70. The zero-order chi connectivity index (χ0) is 17.1. The van der Waals surface area contributed by atoms with Crippen LogP contribution in [0.1, 0.15) is 34.5 Å². The molecule has 24 heavy (non-hydrogen) atoms. The predicted molar refractivity (Wildman–Crippen MR) is 87.8 cm³/mol.